The van der Waals surface area contributed by atoms with Crippen molar-refractivity contribution in [1.29, 1.82) is 0 Å². The van der Waals surface area contributed by atoms with Crippen LogP contribution in [0.3, 0.4) is 0 Å². The SMILES string of the molecule is COCO[C@@H]1C[C@@H]2CC(=O)[C@H]3C(C)(C)CCC[C@]3(C)[C@]23CC[C@@]1(C)C3. The number of carbonyl (C=O) groups excluding carboxylic acids is 1. The van der Waals surface area contributed by atoms with Gasteiger partial charge in [-0.3, -0.25) is 4.79 Å². The minimum atomic E-state index is 0.159. The number of ketones is 1. The Bertz CT molecular complexity index is 570. The molecule has 3 nitrogen and oxygen atoms in total. The Morgan fingerprint density at radius 1 is 1.08 bits per heavy atom. The van der Waals surface area contributed by atoms with Crippen molar-refractivity contribution in [2.75, 3.05) is 13.9 Å². The van der Waals surface area contributed by atoms with E-state index in [4.69, 9.17) is 9.47 Å². The number of hydrogen-bond donors (Lipinski definition) is 0. The molecule has 4 saturated carbocycles. The molecule has 4 fully saturated rings. The summed E-state index contributed by atoms with van der Waals surface area (Å²) < 4.78 is 11.3. The quantitative estimate of drug-likeness (QED) is 0.675. The molecule has 4 rings (SSSR count). The molecule has 4 aliphatic rings. The van der Waals surface area contributed by atoms with Crippen molar-refractivity contribution < 1.29 is 14.3 Å². The lowest BCUT2D eigenvalue weighted by Crippen LogP contribution is -2.63. The average Bonchev–Trinajstić information content (AvgIpc) is 2.83. The zero-order valence-corrected chi connectivity index (χ0v) is 16.8. The molecule has 0 N–H and O–H groups in total. The van der Waals surface area contributed by atoms with Crippen LogP contribution in [0.25, 0.3) is 0 Å². The first-order valence-electron chi connectivity index (χ1n) is 10.3. The molecule has 2 bridgehead atoms. The van der Waals surface area contributed by atoms with Crippen molar-refractivity contribution >= 4 is 5.78 Å². The van der Waals surface area contributed by atoms with Gasteiger partial charge in [-0.05, 0) is 66.1 Å². The van der Waals surface area contributed by atoms with Crippen LogP contribution in [0.15, 0.2) is 0 Å². The number of Topliss-reactive ketones (excluding diaryl/α,β-unsaturated/α-hetero) is 1. The first-order chi connectivity index (χ1) is 11.7. The summed E-state index contributed by atoms with van der Waals surface area (Å²) in [6.07, 6.45) is 9.59. The van der Waals surface area contributed by atoms with Crippen LogP contribution in [-0.2, 0) is 14.3 Å². The third-order valence-corrected chi connectivity index (χ3v) is 9.15. The second-order valence-electron chi connectivity index (χ2n) is 10.8. The van der Waals surface area contributed by atoms with Crippen LogP contribution in [0.2, 0.25) is 0 Å². The Kier molecular flexibility index (Phi) is 3.99. The highest BCUT2D eigenvalue weighted by Gasteiger charge is 2.71. The van der Waals surface area contributed by atoms with E-state index in [2.05, 4.69) is 27.7 Å². The van der Waals surface area contributed by atoms with E-state index >= 15 is 0 Å². The van der Waals surface area contributed by atoms with E-state index in [1.165, 1.54) is 38.5 Å². The lowest BCUT2D eigenvalue weighted by Gasteiger charge is -2.66. The highest BCUT2D eigenvalue weighted by molar-refractivity contribution is 5.84. The van der Waals surface area contributed by atoms with Crippen LogP contribution in [0, 0.1) is 33.5 Å². The van der Waals surface area contributed by atoms with Crippen molar-refractivity contribution in [3.05, 3.63) is 0 Å². The Balaban J connectivity index is 1.73. The summed E-state index contributed by atoms with van der Waals surface area (Å²) in [6.45, 7) is 10.0. The molecule has 142 valence electrons. The summed E-state index contributed by atoms with van der Waals surface area (Å²) in [5.41, 5.74) is 0.945. The molecule has 0 aromatic rings. The maximum Gasteiger partial charge on any atom is 0.146 e. The Morgan fingerprint density at radius 3 is 2.56 bits per heavy atom. The van der Waals surface area contributed by atoms with Gasteiger partial charge in [-0.2, -0.15) is 0 Å². The Morgan fingerprint density at radius 2 is 1.84 bits per heavy atom. The number of hydrogen-bond acceptors (Lipinski definition) is 3. The van der Waals surface area contributed by atoms with E-state index in [-0.39, 0.29) is 28.3 Å². The molecule has 0 unspecified atom stereocenters. The van der Waals surface area contributed by atoms with Gasteiger partial charge in [-0.25, -0.2) is 0 Å². The molecular weight excluding hydrogens is 312 g/mol. The number of rotatable bonds is 3. The molecule has 0 aromatic heterocycles. The highest BCUT2D eigenvalue weighted by Crippen LogP contribution is 2.75. The maximum absolute atomic E-state index is 13.3. The molecule has 25 heavy (non-hydrogen) atoms. The highest BCUT2D eigenvalue weighted by atomic mass is 16.7. The second-order valence-corrected chi connectivity index (χ2v) is 10.8. The van der Waals surface area contributed by atoms with Gasteiger partial charge < -0.3 is 9.47 Å². The zero-order valence-electron chi connectivity index (χ0n) is 16.8. The molecular formula is C22H36O3. The number of methoxy groups -OCH3 is 1. The van der Waals surface area contributed by atoms with Gasteiger partial charge in [0.05, 0.1) is 6.10 Å². The normalized spacial score (nSPS) is 51.1. The fourth-order valence-corrected chi connectivity index (χ4v) is 8.20. The van der Waals surface area contributed by atoms with E-state index in [9.17, 15) is 4.79 Å². The molecule has 0 aromatic carbocycles. The van der Waals surface area contributed by atoms with Gasteiger partial charge in [0.1, 0.15) is 12.6 Å². The van der Waals surface area contributed by atoms with Crippen LogP contribution >= 0.6 is 0 Å². The van der Waals surface area contributed by atoms with Crippen molar-refractivity contribution in [3.8, 4) is 0 Å². The number of ether oxygens (including phenoxy) is 2. The lowest BCUT2D eigenvalue weighted by atomic mass is 9.38. The minimum Gasteiger partial charge on any atom is -0.359 e. The van der Waals surface area contributed by atoms with Crippen LogP contribution < -0.4 is 0 Å². The smallest absolute Gasteiger partial charge is 0.146 e. The van der Waals surface area contributed by atoms with Gasteiger partial charge in [-0.1, -0.05) is 34.1 Å². The average molecular weight is 349 g/mol. The van der Waals surface area contributed by atoms with Gasteiger partial charge >= 0.3 is 0 Å². The van der Waals surface area contributed by atoms with E-state index in [0.717, 1.165) is 12.8 Å². The molecule has 0 aliphatic heterocycles. The van der Waals surface area contributed by atoms with Crippen LogP contribution in [0.1, 0.15) is 79.1 Å². The number of fused-ring (bicyclic) bond motifs is 2. The van der Waals surface area contributed by atoms with Crippen molar-refractivity contribution in [2.45, 2.75) is 85.2 Å². The molecule has 0 amide bonds. The molecule has 0 heterocycles. The first-order valence-corrected chi connectivity index (χ1v) is 10.3. The third-order valence-electron chi connectivity index (χ3n) is 9.15. The van der Waals surface area contributed by atoms with Gasteiger partial charge in [0, 0.05) is 19.4 Å². The summed E-state index contributed by atoms with van der Waals surface area (Å²) in [5, 5.41) is 0. The van der Waals surface area contributed by atoms with Crippen LogP contribution in [0.5, 0.6) is 0 Å². The summed E-state index contributed by atoms with van der Waals surface area (Å²) in [5.74, 6) is 1.31. The lowest BCUT2D eigenvalue weighted by molar-refractivity contribution is -0.205. The van der Waals surface area contributed by atoms with Crippen LogP contribution in [-0.4, -0.2) is 25.8 Å². The maximum atomic E-state index is 13.3. The summed E-state index contributed by atoms with van der Waals surface area (Å²) >= 11 is 0. The predicted molar refractivity (Wildman–Crippen MR) is 98.1 cm³/mol. The van der Waals surface area contributed by atoms with E-state index in [1.54, 1.807) is 7.11 Å². The topological polar surface area (TPSA) is 35.5 Å². The van der Waals surface area contributed by atoms with Crippen molar-refractivity contribution in [2.24, 2.45) is 33.5 Å². The molecule has 4 aliphatic carbocycles. The zero-order chi connectivity index (χ0) is 18.1. The van der Waals surface area contributed by atoms with Crippen LogP contribution in [0.4, 0.5) is 0 Å². The van der Waals surface area contributed by atoms with Crippen molar-refractivity contribution in [1.82, 2.24) is 0 Å². The second kappa shape index (κ2) is 5.55. The minimum absolute atomic E-state index is 0.159. The van der Waals surface area contributed by atoms with E-state index in [1.807, 2.05) is 0 Å². The summed E-state index contributed by atoms with van der Waals surface area (Å²) in [7, 11) is 1.70. The summed E-state index contributed by atoms with van der Waals surface area (Å²) in [6, 6.07) is 0. The van der Waals surface area contributed by atoms with Crippen molar-refractivity contribution in [3.63, 3.8) is 0 Å². The third kappa shape index (κ3) is 2.27. The summed E-state index contributed by atoms with van der Waals surface area (Å²) in [4.78, 5) is 13.3. The van der Waals surface area contributed by atoms with Gasteiger partial charge in [-0.15, -0.1) is 0 Å². The standard InChI is InChI=1S/C22H36O3/c1-19(2)7-6-8-21(4)18(19)16(23)11-15-12-17(25-14-24-5)20(3)9-10-22(15,21)13-20/h15,17-18H,6-14H2,1-5H3/t15-,17+,18-,20-,21-,22-/m0/s1. The fraction of sp³-hybridized carbons (Fsp3) is 0.955. The largest absolute Gasteiger partial charge is 0.359 e. The molecule has 6 atom stereocenters. The molecule has 1 spiro atoms. The van der Waals surface area contributed by atoms with Gasteiger partial charge in [0.15, 0.2) is 0 Å². The Hall–Kier alpha value is -0.410. The molecule has 3 heteroatoms. The van der Waals surface area contributed by atoms with Gasteiger partial charge in [0.2, 0.25) is 0 Å². The number of carbonyl (C=O) groups is 1. The molecule has 0 radical (unpaired) electrons. The molecule has 0 saturated heterocycles. The first kappa shape index (κ1) is 18.0. The van der Waals surface area contributed by atoms with Gasteiger partial charge in [0.25, 0.3) is 0 Å². The van der Waals surface area contributed by atoms with E-state index < -0.39 is 0 Å². The predicted octanol–water partition coefficient (Wildman–Crippen LogP) is 4.98. The van der Waals surface area contributed by atoms with E-state index in [0.29, 0.717) is 23.9 Å². The monoisotopic (exact) mass is 348 g/mol. The fourth-order valence-electron chi connectivity index (χ4n) is 8.20. The Labute approximate surface area is 153 Å².